The van der Waals surface area contributed by atoms with Gasteiger partial charge in [0.05, 0.1) is 30.8 Å². The summed E-state index contributed by atoms with van der Waals surface area (Å²) < 4.78 is 5.73. The molecule has 3 fully saturated rings. The van der Waals surface area contributed by atoms with Crippen molar-refractivity contribution in [1.82, 2.24) is 19.8 Å². The van der Waals surface area contributed by atoms with Crippen molar-refractivity contribution in [3.8, 4) is 6.07 Å². The number of ether oxygens (including phenoxy) is 1. The van der Waals surface area contributed by atoms with Crippen LogP contribution in [0, 0.1) is 11.3 Å². The topological polar surface area (TPSA) is 88.8 Å². The van der Waals surface area contributed by atoms with E-state index in [0.29, 0.717) is 25.7 Å². The van der Waals surface area contributed by atoms with E-state index in [9.17, 15) is 10.1 Å². The Morgan fingerprint density at radius 1 is 1.04 bits per heavy atom. The summed E-state index contributed by atoms with van der Waals surface area (Å²) in [4.78, 5) is 33.1. The van der Waals surface area contributed by atoms with Gasteiger partial charge in [-0.15, -0.1) is 0 Å². The zero-order valence-electron chi connectivity index (χ0n) is 27.1. The molecule has 1 amide bonds. The number of aromatic nitrogens is 2. The number of likely N-dealkylation sites (N-methyl/N-ethyl adjacent to an activating group) is 1. The fourth-order valence-corrected chi connectivity index (χ4v) is 7.92. The van der Waals surface area contributed by atoms with Crippen LogP contribution < -0.4 is 9.80 Å². The third kappa shape index (κ3) is 5.58. The highest BCUT2D eigenvalue weighted by molar-refractivity contribution is 5.94. The lowest BCUT2D eigenvalue weighted by atomic mass is 9.92. The molecule has 4 heterocycles. The van der Waals surface area contributed by atoms with Crippen LogP contribution in [0.4, 0.5) is 16.3 Å². The van der Waals surface area contributed by atoms with E-state index < -0.39 is 5.60 Å². The molecule has 3 aliphatic heterocycles. The number of nitrogens with zero attached hydrogens (tertiary/aromatic N) is 7. The first-order valence-electron chi connectivity index (χ1n) is 16.6. The number of likely N-dealkylation sites (tertiary alicyclic amines) is 1. The van der Waals surface area contributed by atoms with E-state index in [0.717, 1.165) is 56.2 Å². The maximum Gasteiger partial charge on any atom is 0.410 e. The fraction of sp³-hybridized carbons (Fsp3) is 0.556. The van der Waals surface area contributed by atoms with Gasteiger partial charge in [0.25, 0.3) is 0 Å². The molecule has 1 aliphatic carbocycles. The molecule has 0 spiro atoms. The first-order chi connectivity index (χ1) is 21.7. The lowest BCUT2D eigenvalue weighted by Crippen LogP contribution is -2.56. The van der Waals surface area contributed by atoms with Crippen LogP contribution in [-0.2, 0) is 23.1 Å². The minimum atomic E-state index is -0.589. The highest BCUT2D eigenvalue weighted by Gasteiger charge is 2.56. The van der Waals surface area contributed by atoms with E-state index in [2.05, 4.69) is 70.3 Å². The first-order valence-corrected chi connectivity index (χ1v) is 16.6. The average Bonchev–Trinajstić information content (AvgIpc) is 3.72. The van der Waals surface area contributed by atoms with Gasteiger partial charge in [0.1, 0.15) is 17.2 Å². The van der Waals surface area contributed by atoms with E-state index >= 15 is 0 Å². The van der Waals surface area contributed by atoms with Gasteiger partial charge in [0.15, 0.2) is 0 Å². The van der Waals surface area contributed by atoms with Crippen LogP contribution in [-0.4, -0.2) is 83.3 Å². The summed E-state index contributed by atoms with van der Waals surface area (Å²) in [6.07, 6.45) is 5.40. The van der Waals surface area contributed by atoms with Crippen molar-refractivity contribution in [1.29, 1.82) is 5.26 Å². The van der Waals surface area contributed by atoms with Crippen LogP contribution >= 0.6 is 0 Å². The predicted molar refractivity (Wildman–Crippen MR) is 176 cm³/mol. The Labute approximate surface area is 266 Å². The zero-order valence-corrected chi connectivity index (χ0v) is 27.1. The number of amides is 1. The van der Waals surface area contributed by atoms with E-state index in [4.69, 9.17) is 14.7 Å². The number of carbonyl (C=O) groups is 1. The summed E-state index contributed by atoms with van der Waals surface area (Å²) in [5, 5.41) is 12.2. The van der Waals surface area contributed by atoms with Crippen LogP contribution in [0.2, 0.25) is 0 Å². The number of anilines is 2. The molecule has 0 unspecified atom stereocenters. The Morgan fingerprint density at radius 2 is 1.84 bits per heavy atom. The number of piperazine rings is 1. The maximum atomic E-state index is 13.2. The average molecular weight is 608 g/mol. The quantitative estimate of drug-likeness (QED) is 0.367. The number of benzene rings is 2. The van der Waals surface area contributed by atoms with Crippen molar-refractivity contribution in [2.24, 2.45) is 0 Å². The number of fused-ring (bicyclic) bond motifs is 2. The van der Waals surface area contributed by atoms with Gasteiger partial charge in [-0.2, -0.15) is 5.26 Å². The number of hydrogen-bond acceptors (Lipinski definition) is 8. The Kier molecular flexibility index (Phi) is 7.60. The maximum absolute atomic E-state index is 13.2. The molecule has 0 N–H and O–H groups in total. The molecule has 3 aromatic rings. The number of carbonyl (C=O) groups excluding carboxylic acids is 1. The molecule has 0 bridgehead atoms. The molecule has 0 radical (unpaired) electrons. The molecule has 2 aromatic carbocycles. The second-order valence-corrected chi connectivity index (χ2v) is 14.4. The number of hydrogen-bond donors (Lipinski definition) is 0. The Morgan fingerprint density at radius 3 is 2.58 bits per heavy atom. The summed E-state index contributed by atoms with van der Waals surface area (Å²) >= 11 is 0. The lowest BCUT2D eigenvalue weighted by Gasteiger charge is -2.43. The SMILES string of the molecule is CN1CCC[C@H]1C1(c2nc3c(c(N4CCN(C(=O)OC(C)(C)C)[C@@H](CC#N)C4)n2)CCN(c2cccc4ccccc24)C3)CC1. The highest BCUT2D eigenvalue weighted by atomic mass is 16.6. The van der Waals surface area contributed by atoms with E-state index in [1.165, 1.54) is 34.9 Å². The van der Waals surface area contributed by atoms with Gasteiger partial charge in [-0.05, 0) is 77.9 Å². The van der Waals surface area contributed by atoms with E-state index in [1.54, 1.807) is 4.90 Å². The summed E-state index contributed by atoms with van der Waals surface area (Å²) in [6, 6.07) is 17.7. The summed E-state index contributed by atoms with van der Waals surface area (Å²) in [5.41, 5.74) is 2.99. The van der Waals surface area contributed by atoms with Crippen LogP contribution in [0.15, 0.2) is 42.5 Å². The van der Waals surface area contributed by atoms with E-state index in [1.807, 2.05) is 20.8 Å². The second kappa shape index (κ2) is 11.5. The normalized spacial score (nSPS) is 23.1. The van der Waals surface area contributed by atoms with Gasteiger partial charge in [0, 0.05) is 54.3 Å². The molecule has 2 saturated heterocycles. The predicted octanol–water partition coefficient (Wildman–Crippen LogP) is 5.66. The minimum Gasteiger partial charge on any atom is -0.444 e. The van der Waals surface area contributed by atoms with E-state index in [-0.39, 0.29) is 24.0 Å². The Bertz CT molecular complexity index is 1630. The Hall–Kier alpha value is -3.90. The third-order valence-electron chi connectivity index (χ3n) is 10.3. The molecule has 45 heavy (non-hydrogen) atoms. The standard InChI is InChI=1S/C36H45N7O2/c1-35(2,3)45-34(44)43-22-21-42(23-26(43)14-18-37)32-28-15-20-41(30-12-7-10-25-9-5-6-11-27(25)30)24-29(28)38-33(39-32)36(16-17-36)31-13-8-19-40(31)4/h5-7,9-12,26,31H,8,13-17,19-24H2,1-4H3/t26-,31-/m0/s1. The van der Waals surface area contributed by atoms with Crippen molar-refractivity contribution < 1.29 is 9.53 Å². The smallest absolute Gasteiger partial charge is 0.410 e. The minimum absolute atomic E-state index is 0.00113. The monoisotopic (exact) mass is 607 g/mol. The van der Waals surface area contributed by atoms with Crippen molar-refractivity contribution in [3.63, 3.8) is 0 Å². The van der Waals surface area contributed by atoms with Gasteiger partial charge >= 0.3 is 6.09 Å². The summed E-state index contributed by atoms with van der Waals surface area (Å²) in [6.45, 7) is 10.1. The molecule has 2 atom stereocenters. The number of nitriles is 1. The summed E-state index contributed by atoms with van der Waals surface area (Å²) in [5.74, 6) is 1.99. The summed E-state index contributed by atoms with van der Waals surface area (Å²) in [7, 11) is 2.25. The van der Waals surface area contributed by atoms with Crippen LogP contribution in [0.25, 0.3) is 10.8 Å². The van der Waals surface area contributed by atoms with Gasteiger partial charge in [0.2, 0.25) is 0 Å². The molecule has 1 saturated carbocycles. The molecular formula is C36H45N7O2. The van der Waals surface area contributed by atoms with Crippen LogP contribution in [0.5, 0.6) is 0 Å². The van der Waals surface area contributed by atoms with Crippen LogP contribution in [0.1, 0.15) is 70.0 Å². The van der Waals surface area contributed by atoms with Gasteiger partial charge in [-0.3, -0.25) is 0 Å². The molecular weight excluding hydrogens is 562 g/mol. The lowest BCUT2D eigenvalue weighted by molar-refractivity contribution is 0.0144. The van der Waals surface area contributed by atoms with Gasteiger partial charge in [-0.1, -0.05) is 36.4 Å². The molecule has 4 aliphatic rings. The molecule has 9 nitrogen and oxygen atoms in total. The van der Waals surface area contributed by atoms with Crippen molar-refractivity contribution in [2.45, 2.75) is 88.9 Å². The highest BCUT2D eigenvalue weighted by Crippen LogP contribution is 2.54. The number of rotatable bonds is 5. The second-order valence-electron chi connectivity index (χ2n) is 14.4. The molecule has 9 heteroatoms. The molecule has 7 rings (SSSR count). The third-order valence-corrected chi connectivity index (χ3v) is 10.3. The van der Waals surface area contributed by atoms with Crippen molar-refractivity contribution in [2.75, 3.05) is 49.6 Å². The molecule has 236 valence electrons. The van der Waals surface area contributed by atoms with Gasteiger partial charge in [-0.25, -0.2) is 14.8 Å². The van der Waals surface area contributed by atoms with Crippen molar-refractivity contribution in [3.05, 3.63) is 59.5 Å². The molecule has 1 aromatic heterocycles. The largest absolute Gasteiger partial charge is 0.444 e. The zero-order chi connectivity index (χ0) is 31.3. The first kappa shape index (κ1) is 29.8. The van der Waals surface area contributed by atoms with Crippen LogP contribution in [0.3, 0.4) is 0 Å². The fourth-order valence-electron chi connectivity index (χ4n) is 7.92. The van der Waals surface area contributed by atoms with Gasteiger partial charge < -0.3 is 24.3 Å². The van der Waals surface area contributed by atoms with Crippen molar-refractivity contribution >= 4 is 28.4 Å². The Balaban J connectivity index is 1.25.